The number of benzene rings is 2. The molecular weight excluding hydrogens is 456 g/mol. The molecule has 1 N–H and O–H groups in total. The summed E-state index contributed by atoms with van der Waals surface area (Å²) in [5.41, 5.74) is 2.72. The number of hydrogen-bond acceptors (Lipinski definition) is 7. The lowest BCUT2D eigenvalue weighted by Gasteiger charge is -2.39. The van der Waals surface area contributed by atoms with E-state index in [9.17, 15) is 4.79 Å². The second-order valence-corrected chi connectivity index (χ2v) is 8.03. The van der Waals surface area contributed by atoms with Crippen molar-refractivity contribution < 1.29 is 28.5 Å². The molecule has 0 amide bonds. The lowest BCUT2D eigenvalue weighted by Crippen LogP contribution is -2.47. The van der Waals surface area contributed by atoms with Gasteiger partial charge in [0, 0.05) is 20.2 Å². The summed E-state index contributed by atoms with van der Waals surface area (Å²) in [4.78, 5) is 14.0. The summed E-state index contributed by atoms with van der Waals surface area (Å²) in [7, 11) is 4.92. The Bertz CT molecular complexity index is 982. The summed E-state index contributed by atoms with van der Waals surface area (Å²) >= 11 is 5.70. The minimum Gasteiger partial charge on any atom is -0.493 e. The zero-order valence-corrected chi connectivity index (χ0v) is 20.9. The largest absolute Gasteiger partial charge is 0.493 e. The first kappa shape index (κ1) is 25.6. The number of hydrogen-bond donors (Lipinski definition) is 1. The van der Waals surface area contributed by atoms with Gasteiger partial charge in [0.1, 0.15) is 12.4 Å². The molecule has 2 aromatic rings. The highest BCUT2D eigenvalue weighted by molar-refractivity contribution is 7.80. The molecule has 0 fully saturated rings. The van der Waals surface area contributed by atoms with Gasteiger partial charge in [-0.1, -0.05) is 0 Å². The van der Waals surface area contributed by atoms with Crippen molar-refractivity contribution in [3.63, 3.8) is 0 Å². The van der Waals surface area contributed by atoms with Crippen molar-refractivity contribution >= 4 is 23.3 Å². The molecule has 8 nitrogen and oxygen atoms in total. The fourth-order valence-corrected chi connectivity index (χ4v) is 4.21. The number of carbonyl (C=O) groups excluding carboxylic acids is 1. The molecule has 0 aliphatic carbocycles. The van der Waals surface area contributed by atoms with E-state index < -0.39 is 0 Å². The average Bonchev–Trinajstić information content (AvgIpc) is 2.86. The van der Waals surface area contributed by atoms with Crippen LogP contribution in [0.25, 0.3) is 0 Å². The van der Waals surface area contributed by atoms with Crippen LogP contribution in [0, 0.1) is 0 Å². The smallest absolute Gasteiger partial charge is 0.338 e. The number of ether oxygens (including phenoxy) is 5. The molecule has 0 bridgehead atoms. The molecule has 1 heterocycles. The zero-order valence-electron chi connectivity index (χ0n) is 20.1. The molecule has 1 aliphatic heterocycles. The number of methoxy groups -OCH3 is 3. The Kier molecular flexibility index (Phi) is 9.35. The summed E-state index contributed by atoms with van der Waals surface area (Å²) in [5, 5.41) is 3.91. The Hall–Kier alpha value is -3.04. The molecule has 9 heteroatoms. The first-order valence-corrected chi connectivity index (χ1v) is 11.6. The van der Waals surface area contributed by atoms with E-state index in [1.807, 2.05) is 12.1 Å². The maximum absolute atomic E-state index is 11.9. The molecule has 0 saturated carbocycles. The summed E-state index contributed by atoms with van der Waals surface area (Å²) in [6.07, 6.45) is 0.812. The van der Waals surface area contributed by atoms with E-state index >= 15 is 0 Å². The molecule has 2 aromatic carbocycles. The van der Waals surface area contributed by atoms with E-state index in [0.29, 0.717) is 54.3 Å². The third-order valence-corrected chi connectivity index (χ3v) is 6.00. The molecule has 1 unspecified atom stereocenters. The van der Waals surface area contributed by atoms with E-state index in [1.165, 1.54) is 5.56 Å². The highest BCUT2D eigenvalue weighted by Crippen LogP contribution is 2.38. The Labute approximate surface area is 206 Å². The zero-order chi connectivity index (χ0) is 24.5. The first-order chi connectivity index (χ1) is 16.5. The van der Waals surface area contributed by atoms with Crippen molar-refractivity contribution in [1.29, 1.82) is 0 Å². The van der Waals surface area contributed by atoms with Gasteiger partial charge in [-0.25, -0.2) is 4.79 Å². The van der Waals surface area contributed by atoms with Gasteiger partial charge in [0.15, 0.2) is 16.6 Å². The van der Waals surface area contributed by atoms with Gasteiger partial charge in [0.25, 0.3) is 0 Å². The number of esters is 1. The lowest BCUT2D eigenvalue weighted by molar-refractivity contribution is 0.0526. The van der Waals surface area contributed by atoms with Crippen molar-refractivity contribution in [2.24, 2.45) is 0 Å². The van der Waals surface area contributed by atoms with Crippen molar-refractivity contribution in [3.8, 4) is 17.2 Å². The number of carbonyl (C=O) groups is 1. The van der Waals surface area contributed by atoms with Gasteiger partial charge in [-0.2, -0.15) is 0 Å². The maximum Gasteiger partial charge on any atom is 0.338 e. The SMILES string of the molecule is CCOC(=O)c1ccc(OCC2c3cc(OC)c(OC)cc3CCN2C(=S)NCCOC)cc1. The number of nitrogens with one attached hydrogen (secondary N) is 1. The van der Waals surface area contributed by atoms with Crippen LogP contribution in [0.5, 0.6) is 17.2 Å². The highest BCUT2D eigenvalue weighted by Gasteiger charge is 2.31. The van der Waals surface area contributed by atoms with Crippen LogP contribution >= 0.6 is 12.2 Å². The molecule has 184 valence electrons. The van der Waals surface area contributed by atoms with Crippen molar-refractivity contribution in [1.82, 2.24) is 10.2 Å². The fourth-order valence-electron chi connectivity index (χ4n) is 3.89. The van der Waals surface area contributed by atoms with E-state index in [0.717, 1.165) is 18.5 Å². The standard InChI is InChI=1S/C25H32N2O6S/c1-5-32-24(28)17-6-8-19(9-7-17)33-16-21-20-15-23(31-4)22(30-3)14-18(20)10-12-27(21)25(34)26-11-13-29-2/h6-9,14-15,21H,5,10-13,16H2,1-4H3,(H,26,34). The average molecular weight is 489 g/mol. The van der Waals surface area contributed by atoms with Gasteiger partial charge in [-0.3, -0.25) is 0 Å². The molecule has 0 spiro atoms. The van der Waals surface area contributed by atoms with Gasteiger partial charge in [-0.15, -0.1) is 0 Å². The molecule has 0 radical (unpaired) electrons. The van der Waals surface area contributed by atoms with Crippen LogP contribution in [0.3, 0.4) is 0 Å². The van der Waals surface area contributed by atoms with Crippen LogP contribution in [0.15, 0.2) is 36.4 Å². The topological polar surface area (TPSA) is 78.5 Å². The minimum atomic E-state index is -0.352. The predicted octanol–water partition coefficient (Wildman–Crippen LogP) is 3.38. The Morgan fingerprint density at radius 1 is 1.12 bits per heavy atom. The second-order valence-electron chi connectivity index (χ2n) is 7.65. The number of fused-ring (bicyclic) bond motifs is 1. The van der Waals surface area contributed by atoms with Crippen LogP contribution < -0.4 is 19.5 Å². The lowest BCUT2D eigenvalue weighted by atomic mass is 9.92. The van der Waals surface area contributed by atoms with Gasteiger partial charge >= 0.3 is 5.97 Å². The second kappa shape index (κ2) is 12.4. The molecule has 1 atom stereocenters. The van der Waals surface area contributed by atoms with Gasteiger partial charge in [0.2, 0.25) is 0 Å². The Balaban J connectivity index is 1.83. The normalized spacial score (nSPS) is 14.7. The van der Waals surface area contributed by atoms with Gasteiger partial charge in [-0.05, 0) is 73.1 Å². The van der Waals surface area contributed by atoms with E-state index in [4.69, 9.17) is 35.9 Å². The van der Waals surface area contributed by atoms with E-state index in [-0.39, 0.29) is 12.0 Å². The highest BCUT2D eigenvalue weighted by atomic mass is 32.1. The van der Waals surface area contributed by atoms with E-state index in [1.54, 1.807) is 52.5 Å². The minimum absolute atomic E-state index is 0.143. The fraction of sp³-hybridized carbons (Fsp3) is 0.440. The summed E-state index contributed by atoms with van der Waals surface area (Å²) in [6.45, 7) is 4.38. The molecule has 34 heavy (non-hydrogen) atoms. The van der Waals surface area contributed by atoms with Gasteiger partial charge < -0.3 is 33.9 Å². The number of thiocarbonyl (C=S) groups is 1. The van der Waals surface area contributed by atoms with Crippen LogP contribution in [-0.2, 0) is 15.9 Å². The molecular formula is C25H32N2O6S. The third kappa shape index (κ3) is 6.09. The van der Waals surface area contributed by atoms with Crippen molar-refractivity contribution in [2.75, 3.05) is 54.2 Å². The molecule has 0 aromatic heterocycles. The summed E-state index contributed by atoms with van der Waals surface area (Å²) in [5.74, 6) is 1.66. The number of rotatable bonds is 10. The van der Waals surface area contributed by atoms with Crippen LogP contribution in [0.2, 0.25) is 0 Å². The molecule has 0 saturated heterocycles. The van der Waals surface area contributed by atoms with Gasteiger partial charge in [0.05, 0.1) is 39.0 Å². The Morgan fingerprint density at radius 3 is 2.47 bits per heavy atom. The molecule has 3 rings (SSSR count). The Morgan fingerprint density at radius 2 is 1.82 bits per heavy atom. The van der Waals surface area contributed by atoms with Crippen LogP contribution in [0.1, 0.15) is 34.5 Å². The molecule has 1 aliphatic rings. The van der Waals surface area contributed by atoms with Crippen LogP contribution in [-0.4, -0.2) is 70.2 Å². The summed E-state index contributed by atoms with van der Waals surface area (Å²) in [6, 6.07) is 10.8. The van der Waals surface area contributed by atoms with Crippen molar-refractivity contribution in [3.05, 3.63) is 53.1 Å². The predicted molar refractivity (Wildman–Crippen MR) is 133 cm³/mol. The number of nitrogens with zero attached hydrogens (tertiary/aromatic N) is 1. The first-order valence-electron chi connectivity index (χ1n) is 11.2. The van der Waals surface area contributed by atoms with E-state index in [2.05, 4.69) is 10.2 Å². The third-order valence-electron chi connectivity index (χ3n) is 5.62. The van der Waals surface area contributed by atoms with Crippen LogP contribution in [0.4, 0.5) is 0 Å². The quantitative estimate of drug-likeness (QED) is 0.308. The monoisotopic (exact) mass is 488 g/mol. The van der Waals surface area contributed by atoms with Crippen molar-refractivity contribution in [2.45, 2.75) is 19.4 Å². The maximum atomic E-state index is 11.9. The summed E-state index contributed by atoms with van der Waals surface area (Å²) < 4.78 is 27.4.